The van der Waals surface area contributed by atoms with Gasteiger partial charge in [0.25, 0.3) is 0 Å². The van der Waals surface area contributed by atoms with Crippen LogP contribution in [0, 0.1) is 13.8 Å². The Labute approximate surface area is 206 Å². The van der Waals surface area contributed by atoms with Gasteiger partial charge in [0.1, 0.15) is 12.1 Å². The van der Waals surface area contributed by atoms with Crippen molar-refractivity contribution in [2.24, 2.45) is 0 Å². The van der Waals surface area contributed by atoms with Gasteiger partial charge in [0.05, 0.1) is 16.4 Å². The Balaban J connectivity index is 1.34. The maximum absolute atomic E-state index is 6.28. The zero-order valence-electron chi connectivity index (χ0n) is 18.5. The van der Waals surface area contributed by atoms with E-state index in [-0.39, 0.29) is 0 Å². The van der Waals surface area contributed by atoms with Crippen LogP contribution in [0.5, 0.6) is 0 Å². The van der Waals surface area contributed by atoms with E-state index >= 15 is 0 Å². The normalized spacial score (nSPS) is 10.9. The molecule has 0 aliphatic heterocycles. The van der Waals surface area contributed by atoms with Gasteiger partial charge in [-0.3, -0.25) is 0 Å². The summed E-state index contributed by atoms with van der Waals surface area (Å²) >= 11 is 11.7. The van der Waals surface area contributed by atoms with Crippen LogP contribution in [0.25, 0.3) is 28.1 Å². The fraction of sp³-hybridized carbons (Fsp3) is 0.0800. The third kappa shape index (κ3) is 4.59. The summed E-state index contributed by atoms with van der Waals surface area (Å²) < 4.78 is 1.75. The van der Waals surface area contributed by atoms with Crippen LogP contribution in [0.15, 0.2) is 73.2 Å². The molecule has 2 aromatic carbocycles. The summed E-state index contributed by atoms with van der Waals surface area (Å²) in [5.74, 6) is 1.18. The maximum atomic E-state index is 6.28. The topological polar surface area (TPSA) is 80.5 Å². The maximum Gasteiger partial charge on any atom is 0.183 e. The van der Waals surface area contributed by atoms with E-state index in [0.29, 0.717) is 27.4 Å². The number of thiocarbonyl (C=S) groups is 1. The highest BCUT2D eigenvalue weighted by atomic mass is 35.5. The second kappa shape index (κ2) is 9.17. The number of halogens is 1. The molecular weight excluding hydrogens is 466 g/mol. The summed E-state index contributed by atoms with van der Waals surface area (Å²) in [6, 6.07) is 19.5. The van der Waals surface area contributed by atoms with Crippen molar-refractivity contribution in [3.8, 4) is 17.1 Å². The number of fused-ring (bicyclic) bond motifs is 1. The summed E-state index contributed by atoms with van der Waals surface area (Å²) in [5.41, 5.74) is 5.31. The van der Waals surface area contributed by atoms with Gasteiger partial charge >= 0.3 is 0 Å². The minimum atomic E-state index is 0.394. The van der Waals surface area contributed by atoms with E-state index in [2.05, 4.69) is 37.6 Å². The molecule has 168 valence electrons. The molecule has 2 N–H and O–H groups in total. The Bertz CT molecular complexity index is 1490. The molecule has 0 atom stereocenters. The number of aromatic nitrogens is 5. The molecule has 0 bridgehead atoms. The molecular formula is C25H20ClN7S. The van der Waals surface area contributed by atoms with Crippen molar-refractivity contribution in [2.45, 2.75) is 13.8 Å². The van der Waals surface area contributed by atoms with Gasteiger partial charge in [-0.15, -0.1) is 5.10 Å². The second-order valence-electron chi connectivity index (χ2n) is 7.83. The molecule has 5 aromatic rings. The van der Waals surface area contributed by atoms with Gasteiger partial charge in [0.2, 0.25) is 0 Å². The van der Waals surface area contributed by atoms with Crippen LogP contribution in [0.1, 0.15) is 11.1 Å². The molecule has 5 rings (SSSR count). The lowest BCUT2D eigenvalue weighted by molar-refractivity contribution is 0.881. The number of benzene rings is 2. The lowest BCUT2D eigenvalue weighted by Crippen LogP contribution is -2.20. The van der Waals surface area contributed by atoms with E-state index < -0.39 is 0 Å². The fourth-order valence-corrected chi connectivity index (χ4v) is 3.95. The van der Waals surface area contributed by atoms with Crippen LogP contribution < -0.4 is 10.6 Å². The highest BCUT2D eigenvalue weighted by Crippen LogP contribution is 2.26. The van der Waals surface area contributed by atoms with Crippen molar-refractivity contribution >= 4 is 51.5 Å². The molecule has 0 spiro atoms. The Kier molecular flexibility index (Phi) is 5.91. The quantitative estimate of drug-likeness (QED) is 0.304. The highest BCUT2D eigenvalue weighted by Gasteiger charge is 2.10. The summed E-state index contributed by atoms with van der Waals surface area (Å²) in [6.45, 7) is 4.02. The molecule has 3 heterocycles. The lowest BCUT2D eigenvalue weighted by atomic mass is 10.2. The van der Waals surface area contributed by atoms with Gasteiger partial charge in [0.15, 0.2) is 16.6 Å². The molecule has 0 fully saturated rings. The van der Waals surface area contributed by atoms with Crippen molar-refractivity contribution in [1.82, 2.24) is 24.7 Å². The number of para-hydroxylation sites is 1. The summed E-state index contributed by atoms with van der Waals surface area (Å²) in [7, 11) is 0. The van der Waals surface area contributed by atoms with Gasteiger partial charge in [-0.1, -0.05) is 41.4 Å². The third-order valence-corrected chi connectivity index (χ3v) is 5.81. The minimum absolute atomic E-state index is 0.394. The number of nitrogens with zero attached hydrogens (tertiary/aromatic N) is 5. The van der Waals surface area contributed by atoms with Gasteiger partial charge in [-0.2, -0.15) is 0 Å². The summed E-state index contributed by atoms with van der Waals surface area (Å²) in [5, 5.41) is 12.7. The highest BCUT2D eigenvalue weighted by molar-refractivity contribution is 7.80. The smallest absolute Gasteiger partial charge is 0.183 e. The van der Waals surface area contributed by atoms with Gasteiger partial charge in [-0.25, -0.2) is 19.6 Å². The Morgan fingerprint density at radius 3 is 2.59 bits per heavy atom. The molecule has 7 nitrogen and oxygen atoms in total. The van der Waals surface area contributed by atoms with Crippen LogP contribution in [0.3, 0.4) is 0 Å². The van der Waals surface area contributed by atoms with Crippen LogP contribution in [0.4, 0.5) is 11.5 Å². The molecule has 0 unspecified atom stereocenters. The Morgan fingerprint density at radius 1 is 0.971 bits per heavy atom. The summed E-state index contributed by atoms with van der Waals surface area (Å²) in [4.78, 5) is 13.5. The standard InChI is InChI=1S/C25H20ClN7S/c1-15-6-9-19(10-7-15)33-14-28-24(32-33)18-12-17-8-11-21(29-23(17)27-13-18)30-25(34)31-22-16(2)4-3-5-20(22)26/h3-14H,1-2H3,(H2,27,29,30,31,34). The average Bonchev–Trinajstić information content (AvgIpc) is 3.32. The SMILES string of the molecule is Cc1ccc(-n2cnc(-c3cnc4nc(NC(=S)Nc5c(C)cccc5Cl)ccc4c3)n2)cc1. The zero-order chi connectivity index (χ0) is 23.7. The second-order valence-corrected chi connectivity index (χ2v) is 8.64. The largest absolute Gasteiger partial charge is 0.331 e. The fourth-order valence-electron chi connectivity index (χ4n) is 3.47. The average molecular weight is 486 g/mol. The number of pyridine rings is 2. The molecule has 0 saturated heterocycles. The van der Waals surface area contributed by atoms with Gasteiger partial charge in [0, 0.05) is 17.1 Å². The first-order chi connectivity index (χ1) is 16.5. The minimum Gasteiger partial charge on any atom is -0.331 e. The number of aryl methyl sites for hydroxylation is 2. The number of hydrogen-bond donors (Lipinski definition) is 2. The molecule has 0 amide bonds. The van der Waals surface area contributed by atoms with E-state index in [0.717, 1.165) is 27.9 Å². The van der Waals surface area contributed by atoms with E-state index in [9.17, 15) is 0 Å². The Hall–Kier alpha value is -3.88. The van der Waals surface area contributed by atoms with Gasteiger partial charge in [-0.05, 0) is 68.0 Å². The number of hydrogen-bond acceptors (Lipinski definition) is 5. The van der Waals surface area contributed by atoms with Crippen molar-refractivity contribution < 1.29 is 0 Å². The molecule has 3 aromatic heterocycles. The van der Waals surface area contributed by atoms with E-state index in [1.165, 1.54) is 5.56 Å². The predicted octanol–water partition coefficient (Wildman–Crippen LogP) is 5.96. The van der Waals surface area contributed by atoms with E-state index in [4.69, 9.17) is 23.8 Å². The van der Waals surface area contributed by atoms with E-state index in [1.807, 2.05) is 67.6 Å². The molecule has 34 heavy (non-hydrogen) atoms. The van der Waals surface area contributed by atoms with E-state index in [1.54, 1.807) is 17.2 Å². The van der Waals surface area contributed by atoms with Crippen molar-refractivity contribution in [1.29, 1.82) is 0 Å². The van der Waals surface area contributed by atoms with Gasteiger partial charge < -0.3 is 10.6 Å². The molecule has 9 heteroatoms. The van der Waals surface area contributed by atoms with Crippen LogP contribution >= 0.6 is 23.8 Å². The first-order valence-corrected chi connectivity index (χ1v) is 11.3. The third-order valence-electron chi connectivity index (χ3n) is 5.29. The lowest BCUT2D eigenvalue weighted by Gasteiger charge is -2.13. The summed E-state index contributed by atoms with van der Waals surface area (Å²) in [6.07, 6.45) is 3.42. The van der Waals surface area contributed by atoms with Crippen LogP contribution in [-0.2, 0) is 0 Å². The molecule has 0 radical (unpaired) electrons. The molecule has 0 aliphatic carbocycles. The van der Waals surface area contributed by atoms with Crippen molar-refractivity contribution in [3.63, 3.8) is 0 Å². The number of nitrogens with one attached hydrogen (secondary N) is 2. The monoisotopic (exact) mass is 485 g/mol. The first-order valence-electron chi connectivity index (χ1n) is 10.6. The zero-order valence-corrected chi connectivity index (χ0v) is 20.0. The first kappa shape index (κ1) is 21.9. The van der Waals surface area contributed by atoms with Crippen LogP contribution in [0.2, 0.25) is 5.02 Å². The number of anilines is 2. The van der Waals surface area contributed by atoms with Crippen molar-refractivity contribution in [2.75, 3.05) is 10.6 Å². The predicted molar refractivity (Wildman–Crippen MR) is 141 cm³/mol. The molecule has 0 aliphatic rings. The number of rotatable bonds is 4. The Morgan fingerprint density at radius 2 is 1.79 bits per heavy atom. The molecule has 0 saturated carbocycles. The van der Waals surface area contributed by atoms with Crippen LogP contribution in [-0.4, -0.2) is 29.8 Å². The van der Waals surface area contributed by atoms with Crippen molar-refractivity contribution in [3.05, 3.63) is 89.3 Å².